The molecule has 84 valence electrons. The molecule has 0 aromatic carbocycles. The lowest BCUT2D eigenvalue weighted by molar-refractivity contribution is 0.593. The van der Waals surface area contributed by atoms with E-state index < -0.39 is 0 Å². The van der Waals surface area contributed by atoms with Crippen LogP contribution in [0.25, 0.3) is 0 Å². The zero-order chi connectivity index (χ0) is 11.5. The fourth-order valence-electron chi connectivity index (χ4n) is 1.19. The third-order valence-corrected chi connectivity index (χ3v) is 3.12. The van der Waals surface area contributed by atoms with Crippen LogP contribution < -0.4 is 5.32 Å². The highest BCUT2D eigenvalue weighted by molar-refractivity contribution is 6.30. The summed E-state index contributed by atoms with van der Waals surface area (Å²) in [5, 5.41) is 11.4. The maximum absolute atomic E-state index is 6.00. The van der Waals surface area contributed by atoms with Gasteiger partial charge in [0, 0.05) is 23.4 Å². The molecule has 1 aromatic heterocycles. The summed E-state index contributed by atoms with van der Waals surface area (Å²) >= 11 is 11.9. The molecule has 0 spiro atoms. The van der Waals surface area contributed by atoms with Gasteiger partial charge in [0.05, 0.1) is 0 Å². The molecule has 0 fully saturated rings. The van der Waals surface area contributed by atoms with Gasteiger partial charge < -0.3 is 5.32 Å². The van der Waals surface area contributed by atoms with E-state index in [1.807, 2.05) is 26.8 Å². The number of halogens is 2. The summed E-state index contributed by atoms with van der Waals surface area (Å²) in [6.07, 6.45) is 0. The van der Waals surface area contributed by atoms with Crippen LogP contribution >= 0.6 is 23.2 Å². The molecule has 1 aromatic rings. The number of alkyl halides is 1. The van der Waals surface area contributed by atoms with Gasteiger partial charge in [-0.1, -0.05) is 25.4 Å². The van der Waals surface area contributed by atoms with Crippen LogP contribution in [0.1, 0.15) is 26.3 Å². The van der Waals surface area contributed by atoms with Gasteiger partial charge in [0.2, 0.25) is 0 Å². The number of anilines is 1. The SMILES string of the molecule is CCNc1cc(C(C)(C)CCl)c(Cl)nn1. The number of nitrogens with zero attached hydrogens (tertiary/aromatic N) is 2. The Morgan fingerprint density at radius 2 is 2.07 bits per heavy atom. The number of aromatic nitrogens is 2. The van der Waals surface area contributed by atoms with Crippen molar-refractivity contribution in [3.63, 3.8) is 0 Å². The Morgan fingerprint density at radius 3 is 2.60 bits per heavy atom. The molecule has 1 N–H and O–H groups in total. The van der Waals surface area contributed by atoms with Crippen LogP contribution in [0.4, 0.5) is 5.82 Å². The van der Waals surface area contributed by atoms with E-state index in [0.717, 1.165) is 17.9 Å². The normalized spacial score (nSPS) is 11.5. The Bertz CT molecular complexity index is 339. The molecule has 1 rings (SSSR count). The fraction of sp³-hybridized carbons (Fsp3) is 0.600. The molecule has 15 heavy (non-hydrogen) atoms. The number of hydrogen-bond donors (Lipinski definition) is 1. The molecule has 0 aliphatic carbocycles. The summed E-state index contributed by atoms with van der Waals surface area (Å²) in [4.78, 5) is 0. The van der Waals surface area contributed by atoms with Crippen molar-refractivity contribution in [2.75, 3.05) is 17.7 Å². The monoisotopic (exact) mass is 247 g/mol. The van der Waals surface area contributed by atoms with E-state index in [9.17, 15) is 0 Å². The molecule has 0 atom stereocenters. The van der Waals surface area contributed by atoms with E-state index in [2.05, 4.69) is 15.5 Å². The van der Waals surface area contributed by atoms with E-state index in [4.69, 9.17) is 23.2 Å². The van der Waals surface area contributed by atoms with E-state index in [1.54, 1.807) is 0 Å². The van der Waals surface area contributed by atoms with E-state index in [1.165, 1.54) is 0 Å². The Labute approximate surface area is 100 Å². The molecule has 3 nitrogen and oxygen atoms in total. The van der Waals surface area contributed by atoms with E-state index in [0.29, 0.717) is 11.0 Å². The van der Waals surface area contributed by atoms with Crippen LogP contribution in [0.15, 0.2) is 6.07 Å². The molecule has 0 amide bonds. The summed E-state index contributed by atoms with van der Waals surface area (Å²) in [6.45, 7) is 6.86. The van der Waals surface area contributed by atoms with E-state index in [-0.39, 0.29) is 5.41 Å². The first-order valence-corrected chi connectivity index (χ1v) is 5.76. The van der Waals surface area contributed by atoms with Crippen molar-refractivity contribution in [2.45, 2.75) is 26.2 Å². The molecule has 0 radical (unpaired) electrons. The van der Waals surface area contributed by atoms with Crippen LogP contribution in [-0.4, -0.2) is 22.6 Å². The second-order valence-corrected chi connectivity index (χ2v) is 4.61. The van der Waals surface area contributed by atoms with Gasteiger partial charge in [-0.3, -0.25) is 0 Å². The predicted octanol–water partition coefficient (Wildman–Crippen LogP) is 3.08. The highest BCUT2D eigenvalue weighted by atomic mass is 35.5. The van der Waals surface area contributed by atoms with Crippen LogP contribution in [-0.2, 0) is 5.41 Å². The van der Waals surface area contributed by atoms with Crippen LogP contribution in [0.3, 0.4) is 0 Å². The van der Waals surface area contributed by atoms with Crippen molar-refractivity contribution in [3.8, 4) is 0 Å². The molecule has 0 saturated carbocycles. The third-order valence-electron chi connectivity index (χ3n) is 2.17. The molecule has 0 aliphatic heterocycles. The van der Waals surface area contributed by atoms with Gasteiger partial charge in [-0.2, -0.15) is 0 Å². The van der Waals surface area contributed by atoms with Gasteiger partial charge in [-0.15, -0.1) is 21.8 Å². The largest absolute Gasteiger partial charge is 0.369 e. The first-order valence-electron chi connectivity index (χ1n) is 4.85. The molecule has 5 heteroatoms. The lowest BCUT2D eigenvalue weighted by Crippen LogP contribution is -2.21. The zero-order valence-electron chi connectivity index (χ0n) is 9.14. The molecule has 0 unspecified atom stereocenters. The standard InChI is InChI=1S/C10H15Cl2N3/c1-4-13-8-5-7(9(12)15-14-8)10(2,3)6-11/h5H,4,6H2,1-3H3,(H,13,14). The number of rotatable bonds is 4. The summed E-state index contributed by atoms with van der Waals surface area (Å²) in [5.74, 6) is 1.22. The summed E-state index contributed by atoms with van der Waals surface area (Å²) < 4.78 is 0. The molecular weight excluding hydrogens is 233 g/mol. The van der Waals surface area contributed by atoms with Crippen molar-refractivity contribution in [3.05, 3.63) is 16.8 Å². The van der Waals surface area contributed by atoms with Gasteiger partial charge in [0.25, 0.3) is 0 Å². The van der Waals surface area contributed by atoms with Crippen molar-refractivity contribution in [2.24, 2.45) is 0 Å². The number of nitrogens with one attached hydrogen (secondary N) is 1. The Balaban J connectivity index is 3.10. The predicted molar refractivity (Wildman–Crippen MR) is 65.0 cm³/mol. The average molecular weight is 248 g/mol. The first kappa shape index (κ1) is 12.5. The van der Waals surface area contributed by atoms with Crippen LogP contribution in [0.5, 0.6) is 0 Å². The lowest BCUT2D eigenvalue weighted by Gasteiger charge is -2.22. The van der Waals surface area contributed by atoms with Crippen LogP contribution in [0.2, 0.25) is 5.15 Å². The van der Waals surface area contributed by atoms with Crippen molar-refractivity contribution < 1.29 is 0 Å². The maximum atomic E-state index is 6.00. The van der Waals surface area contributed by atoms with Gasteiger partial charge in [-0.05, 0) is 13.0 Å². The highest BCUT2D eigenvalue weighted by Gasteiger charge is 2.23. The van der Waals surface area contributed by atoms with Crippen molar-refractivity contribution in [1.82, 2.24) is 10.2 Å². The Morgan fingerprint density at radius 1 is 1.40 bits per heavy atom. The number of hydrogen-bond acceptors (Lipinski definition) is 3. The Hall–Kier alpha value is -0.540. The second-order valence-electron chi connectivity index (χ2n) is 3.98. The first-order chi connectivity index (χ1) is 7.01. The summed E-state index contributed by atoms with van der Waals surface area (Å²) in [6, 6.07) is 1.90. The minimum atomic E-state index is -0.196. The minimum absolute atomic E-state index is 0.196. The molecule has 0 saturated heterocycles. The smallest absolute Gasteiger partial charge is 0.155 e. The van der Waals surface area contributed by atoms with Crippen molar-refractivity contribution >= 4 is 29.0 Å². The molecule has 0 bridgehead atoms. The van der Waals surface area contributed by atoms with Crippen LogP contribution in [0, 0.1) is 0 Å². The average Bonchev–Trinajstić information content (AvgIpc) is 2.21. The van der Waals surface area contributed by atoms with Crippen molar-refractivity contribution in [1.29, 1.82) is 0 Å². The highest BCUT2D eigenvalue weighted by Crippen LogP contribution is 2.30. The maximum Gasteiger partial charge on any atom is 0.155 e. The molecule has 1 heterocycles. The van der Waals surface area contributed by atoms with Gasteiger partial charge in [0.15, 0.2) is 5.15 Å². The summed E-state index contributed by atoms with van der Waals surface area (Å²) in [7, 11) is 0. The fourth-order valence-corrected chi connectivity index (χ4v) is 1.68. The lowest BCUT2D eigenvalue weighted by atomic mass is 9.88. The minimum Gasteiger partial charge on any atom is -0.369 e. The molecule has 0 aliphatic rings. The van der Waals surface area contributed by atoms with Gasteiger partial charge >= 0.3 is 0 Å². The molecular formula is C10H15Cl2N3. The zero-order valence-corrected chi connectivity index (χ0v) is 10.7. The quantitative estimate of drug-likeness (QED) is 0.832. The topological polar surface area (TPSA) is 37.8 Å². The Kier molecular flexibility index (Phi) is 4.17. The van der Waals surface area contributed by atoms with Gasteiger partial charge in [0.1, 0.15) is 5.82 Å². The second kappa shape index (κ2) is 4.99. The third kappa shape index (κ3) is 2.95. The summed E-state index contributed by atoms with van der Waals surface area (Å²) in [5.41, 5.74) is 0.726. The van der Waals surface area contributed by atoms with E-state index >= 15 is 0 Å². The van der Waals surface area contributed by atoms with Gasteiger partial charge in [-0.25, -0.2) is 0 Å².